The van der Waals surface area contributed by atoms with Gasteiger partial charge in [-0.15, -0.1) is 0 Å². The van der Waals surface area contributed by atoms with Gasteiger partial charge in [0, 0.05) is 18.7 Å². The highest BCUT2D eigenvalue weighted by atomic mass is 16.2. The van der Waals surface area contributed by atoms with Crippen molar-refractivity contribution in [2.24, 2.45) is 0 Å². The molecule has 0 radical (unpaired) electrons. The van der Waals surface area contributed by atoms with Crippen LogP contribution in [0.1, 0.15) is 34.1 Å². The van der Waals surface area contributed by atoms with Crippen LogP contribution in [-0.4, -0.2) is 16.8 Å². The maximum atomic E-state index is 11.2. The first-order chi connectivity index (χ1) is 5.13. The summed E-state index contributed by atoms with van der Waals surface area (Å²) >= 11 is 0. The fourth-order valence-electron chi connectivity index (χ4n) is 0.886. The second-order valence-electron chi connectivity index (χ2n) is 2.73. The first-order valence-corrected chi connectivity index (χ1v) is 4.07. The van der Waals surface area contributed by atoms with Crippen molar-refractivity contribution in [3.63, 3.8) is 0 Å². The molecule has 0 aromatic carbocycles. The van der Waals surface area contributed by atoms with Gasteiger partial charge in [0.25, 0.3) is 0 Å². The molecule has 0 saturated carbocycles. The van der Waals surface area contributed by atoms with E-state index >= 15 is 0 Å². The molecule has 2 nitrogen and oxygen atoms in total. The summed E-state index contributed by atoms with van der Waals surface area (Å²) < 4.78 is 0. The van der Waals surface area contributed by atoms with Crippen molar-refractivity contribution >= 4 is 5.91 Å². The number of rotatable bonds is 3. The molecule has 0 aliphatic rings. The summed E-state index contributed by atoms with van der Waals surface area (Å²) in [6.45, 7) is 7.81. The van der Waals surface area contributed by atoms with Gasteiger partial charge < -0.3 is 4.90 Å². The zero-order valence-electron chi connectivity index (χ0n) is 7.79. The monoisotopic (exact) mass is 155 g/mol. The quantitative estimate of drug-likeness (QED) is 0.611. The molecule has 0 bridgehead atoms. The van der Waals surface area contributed by atoms with E-state index in [1.165, 1.54) is 0 Å². The third-order valence-electron chi connectivity index (χ3n) is 1.46. The van der Waals surface area contributed by atoms with Crippen LogP contribution in [-0.2, 0) is 4.79 Å². The van der Waals surface area contributed by atoms with Crippen LogP contribution in [0.25, 0.3) is 0 Å². The minimum Gasteiger partial charge on any atom is -0.317 e. The first kappa shape index (κ1) is 10.2. The lowest BCUT2D eigenvalue weighted by atomic mass is 10.3. The van der Waals surface area contributed by atoms with E-state index in [1.54, 1.807) is 4.90 Å². The van der Waals surface area contributed by atoms with Gasteiger partial charge in [0.2, 0.25) is 5.91 Å². The normalized spacial score (nSPS) is 11.0. The van der Waals surface area contributed by atoms with Gasteiger partial charge >= 0.3 is 0 Å². The van der Waals surface area contributed by atoms with Gasteiger partial charge in [-0.2, -0.15) is 0 Å². The highest BCUT2D eigenvalue weighted by molar-refractivity contribution is 5.77. The number of carbonyl (C=O) groups is 1. The highest BCUT2D eigenvalue weighted by Gasteiger charge is 2.10. The summed E-state index contributed by atoms with van der Waals surface area (Å²) in [7, 11) is 0. The van der Waals surface area contributed by atoms with Crippen molar-refractivity contribution in [2.45, 2.75) is 40.2 Å². The van der Waals surface area contributed by atoms with Crippen LogP contribution >= 0.6 is 0 Å². The van der Waals surface area contributed by atoms with E-state index in [1.807, 2.05) is 40.0 Å². The molecule has 0 atom stereocenters. The molecule has 0 N–H and O–H groups in total. The minimum absolute atomic E-state index is 0.179. The summed E-state index contributed by atoms with van der Waals surface area (Å²) in [5, 5.41) is 0. The van der Waals surface area contributed by atoms with E-state index in [-0.39, 0.29) is 11.9 Å². The summed E-state index contributed by atoms with van der Waals surface area (Å²) in [6.07, 6.45) is 4.28. The lowest BCUT2D eigenvalue weighted by Crippen LogP contribution is -2.31. The molecule has 0 spiro atoms. The predicted molar refractivity (Wildman–Crippen MR) is 47.1 cm³/mol. The molecular formula is C9H17NO. The molecule has 0 saturated heterocycles. The Kier molecular flexibility index (Phi) is 4.59. The summed E-state index contributed by atoms with van der Waals surface area (Å²) in [5.41, 5.74) is 0. The Morgan fingerprint density at radius 1 is 1.55 bits per heavy atom. The molecule has 0 aliphatic heterocycles. The van der Waals surface area contributed by atoms with Crippen molar-refractivity contribution in [3.8, 4) is 0 Å². The lowest BCUT2D eigenvalue weighted by molar-refractivity contribution is -0.129. The second kappa shape index (κ2) is 4.94. The number of nitrogens with zero attached hydrogens (tertiary/aromatic N) is 1. The Hall–Kier alpha value is -0.790. The molecule has 0 aromatic heterocycles. The fourth-order valence-corrected chi connectivity index (χ4v) is 0.886. The van der Waals surface area contributed by atoms with E-state index in [4.69, 9.17) is 0 Å². The number of amides is 1. The average molecular weight is 155 g/mol. The van der Waals surface area contributed by atoms with Gasteiger partial charge in [-0.3, -0.25) is 4.79 Å². The van der Waals surface area contributed by atoms with Crippen LogP contribution in [0.2, 0.25) is 0 Å². The molecule has 2 heteroatoms. The van der Waals surface area contributed by atoms with Crippen molar-refractivity contribution in [1.29, 1.82) is 0 Å². The Balaban J connectivity index is 4.21. The van der Waals surface area contributed by atoms with E-state index in [9.17, 15) is 4.79 Å². The molecule has 0 rings (SSSR count). The number of hydrogen-bond donors (Lipinski definition) is 0. The van der Waals surface area contributed by atoms with E-state index < -0.39 is 0 Å². The van der Waals surface area contributed by atoms with Crippen LogP contribution in [0.5, 0.6) is 0 Å². The van der Waals surface area contributed by atoms with Crippen LogP contribution in [0, 0.1) is 0 Å². The molecular weight excluding hydrogens is 138 g/mol. The minimum atomic E-state index is 0.179. The Labute approximate surface area is 68.9 Å². The van der Waals surface area contributed by atoms with Crippen molar-refractivity contribution < 1.29 is 4.79 Å². The molecule has 1 amide bonds. The van der Waals surface area contributed by atoms with Crippen LogP contribution < -0.4 is 0 Å². The Bertz CT molecular complexity index is 150. The molecule has 0 fully saturated rings. The van der Waals surface area contributed by atoms with E-state index in [0.717, 1.165) is 0 Å². The van der Waals surface area contributed by atoms with E-state index in [0.29, 0.717) is 6.42 Å². The zero-order valence-corrected chi connectivity index (χ0v) is 7.79. The van der Waals surface area contributed by atoms with Gasteiger partial charge in [0.15, 0.2) is 0 Å². The molecule has 64 valence electrons. The first-order valence-electron chi connectivity index (χ1n) is 4.07. The van der Waals surface area contributed by atoms with E-state index in [2.05, 4.69) is 0 Å². The van der Waals surface area contributed by atoms with Gasteiger partial charge in [-0.25, -0.2) is 0 Å². The van der Waals surface area contributed by atoms with Crippen LogP contribution in [0.3, 0.4) is 0 Å². The maximum Gasteiger partial charge on any atom is 0.226 e. The molecule has 11 heavy (non-hydrogen) atoms. The summed E-state index contributed by atoms with van der Waals surface area (Å²) in [5.74, 6) is 0.179. The van der Waals surface area contributed by atoms with Gasteiger partial charge in [0.05, 0.1) is 0 Å². The number of allylic oxidation sites excluding steroid dienone is 1. The zero-order chi connectivity index (χ0) is 8.85. The molecule has 0 heterocycles. The van der Waals surface area contributed by atoms with Crippen molar-refractivity contribution in [1.82, 2.24) is 4.90 Å². The fraction of sp³-hybridized carbons (Fsp3) is 0.667. The SMILES string of the molecule is C/C=C\N(C(=O)CC)C(C)C. The van der Waals surface area contributed by atoms with Crippen molar-refractivity contribution in [3.05, 3.63) is 12.3 Å². The third kappa shape index (κ3) is 3.21. The van der Waals surface area contributed by atoms with Gasteiger partial charge in [-0.1, -0.05) is 13.0 Å². The lowest BCUT2D eigenvalue weighted by Gasteiger charge is -2.21. The molecule has 0 unspecified atom stereocenters. The third-order valence-corrected chi connectivity index (χ3v) is 1.46. The van der Waals surface area contributed by atoms with Crippen molar-refractivity contribution in [2.75, 3.05) is 0 Å². The molecule has 0 aromatic rings. The number of hydrogen-bond acceptors (Lipinski definition) is 1. The smallest absolute Gasteiger partial charge is 0.226 e. The second-order valence-corrected chi connectivity index (χ2v) is 2.73. The Morgan fingerprint density at radius 2 is 2.09 bits per heavy atom. The summed E-state index contributed by atoms with van der Waals surface area (Å²) in [6, 6.07) is 0.263. The standard InChI is InChI=1S/C9H17NO/c1-5-7-10(8(3)4)9(11)6-2/h5,7-8H,6H2,1-4H3/b7-5-. The number of carbonyl (C=O) groups excluding carboxylic acids is 1. The topological polar surface area (TPSA) is 20.3 Å². The van der Waals surface area contributed by atoms with Crippen LogP contribution in [0.15, 0.2) is 12.3 Å². The largest absolute Gasteiger partial charge is 0.317 e. The highest BCUT2D eigenvalue weighted by Crippen LogP contribution is 2.01. The predicted octanol–water partition coefficient (Wildman–Crippen LogP) is 2.17. The van der Waals surface area contributed by atoms with Gasteiger partial charge in [-0.05, 0) is 20.8 Å². The summed E-state index contributed by atoms with van der Waals surface area (Å²) in [4.78, 5) is 13.0. The average Bonchev–Trinajstić information content (AvgIpc) is 1.98. The Morgan fingerprint density at radius 3 is 2.36 bits per heavy atom. The molecule has 0 aliphatic carbocycles. The van der Waals surface area contributed by atoms with Crippen LogP contribution in [0.4, 0.5) is 0 Å². The van der Waals surface area contributed by atoms with Gasteiger partial charge in [0.1, 0.15) is 0 Å². The maximum absolute atomic E-state index is 11.2.